The molecule has 13 heavy (non-hydrogen) atoms. The minimum atomic E-state index is -0.660. The van der Waals surface area contributed by atoms with Crippen LogP contribution in [0, 0.1) is 5.82 Å². The van der Waals surface area contributed by atoms with Crippen molar-refractivity contribution >= 4 is 0 Å². The summed E-state index contributed by atoms with van der Waals surface area (Å²) in [6, 6.07) is 4.27. The predicted molar refractivity (Wildman–Crippen MR) is 47.8 cm³/mol. The van der Waals surface area contributed by atoms with Crippen LogP contribution >= 0.6 is 0 Å². The average Bonchev–Trinajstić information content (AvgIpc) is 2.33. The second-order valence-electron chi connectivity index (χ2n) is 3.55. The van der Waals surface area contributed by atoms with E-state index in [0.717, 1.165) is 5.56 Å². The van der Waals surface area contributed by atoms with Crippen LogP contribution in [-0.4, -0.2) is 11.2 Å². The van der Waals surface area contributed by atoms with Gasteiger partial charge in [0.15, 0.2) is 0 Å². The Morgan fingerprint density at radius 2 is 2.15 bits per heavy atom. The number of rotatable bonds is 0. The summed E-state index contributed by atoms with van der Waals surface area (Å²) in [7, 11) is 0. The molecule has 0 heterocycles. The normalized spacial score (nSPS) is 31.8. The van der Waals surface area contributed by atoms with Gasteiger partial charge < -0.3 is 10.8 Å². The van der Waals surface area contributed by atoms with Crippen molar-refractivity contribution < 1.29 is 9.50 Å². The lowest BCUT2D eigenvalue weighted by Gasteiger charge is -2.12. The largest absolute Gasteiger partial charge is 0.391 e. The predicted octanol–water partition coefficient (Wildman–Crippen LogP) is 1.30. The van der Waals surface area contributed by atoms with Crippen LogP contribution in [0.15, 0.2) is 18.2 Å². The second-order valence-corrected chi connectivity index (χ2v) is 3.55. The number of nitrogens with two attached hydrogens (primary N) is 1. The van der Waals surface area contributed by atoms with Crippen LogP contribution in [0.3, 0.4) is 0 Å². The molecule has 3 N–H and O–H groups in total. The number of aliphatic hydroxyl groups is 1. The summed E-state index contributed by atoms with van der Waals surface area (Å²) in [6.07, 6.45) is -0.660. The molecule has 0 saturated carbocycles. The van der Waals surface area contributed by atoms with E-state index in [2.05, 4.69) is 0 Å². The molecule has 2 nitrogen and oxygen atoms in total. The highest BCUT2D eigenvalue weighted by Gasteiger charge is 2.36. The summed E-state index contributed by atoms with van der Waals surface area (Å²) in [4.78, 5) is 0. The zero-order valence-corrected chi connectivity index (χ0v) is 7.37. The van der Waals surface area contributed by atoms with Crippen LogP contribution in [0.5, 0.6) is 0 Å². The van der Waals surface area contributed by atoms with Gasteiger partial charge in [-0.05, 0) is 11.6 Å². The molecule has 2 rings (SSSR count). The summed E-state index contributed by atoms with van der Waals surface area (Å²) in [6.45, 7) is 1.86. The minimum Gasteiger partial charge on any atom is -0.391 e. The molecule has 70 valence electrons. The lowest BCUT2D eigenvalue weighted by Crippen LogP contribution is -2.23. The van der Waals surface area contributed by atoms with Gasteiger partial charge in [0.25, 0.3) is 0 Å². The molecule has 0 saturated heterocycles. The third-order valence-corrected chi connectivity index (χ3v) is 2.79. The number of hydrogen-bond donors (Lipinski definition) is 2. The molecule has 0 radical (unpaired) electrons. The van der Waals surface area contributed by atoms with Gasteiger partial charge in [-0.3, -0.25) is 0 Å². The van der Waals surface area contributed by atoms with Crippen molar-refractivity contribution in [2.45, 2.75) is 25.0 Å². The van der Waals surface area contributed by atoms with Gasteiger partial charge >= 0.3 is 0 Å². The van der Waals surface area contributed by atoms with Crippen LogP contribution < -0.4 is 5.73 Å². The number of benzene rings is 1. The first-order valence-electron chi connectivity index (χ1n) is 4.35. The molecule has 1 aromatic rings. The van der Waals surface area contributed by atoms with Gasteiger partial charge in [-0.2, -0.15) is 0 Å². The smallest absolute Gasteiger partial charge is 0.128 e. The van der Waals surface area contributed by atoms with E-state index in [1.807, 2.05) is 13.0 Å². The van der Waals surface area contributed by atoms with Crippen molar-refractivity contribution in [3.05, 3.63) is 35.1 Å². The van der Waals surface area contributed by atoms with Gasteiger partial charge in [0, 0.05) is 11.5 Å². The summed E-state index contributed by atoms with van der Waals surface area (Å²) in [5.74, 6) is -0.380. The first-order valence-corrected chi connectivity index (χ1v) is 4.35. The molecule has 0 fully saturated rings. The van der Waals surface area contributed by atoms with E-state index < -0.39 is 12.1 Å². The second kappa shape index (κ2) is 2.79. The summed E-state index contributed by atoms with van der Waals surface area (Å²) in [5.41, 5.74) is 7.00. The van der Waals surface area contributed by atoms with Crippen molar-refractivity contribution in [3.63, 3.8) is 0 Å². The molecule has 0 aromatic heterocycles. The van der Waals surface area contributed by atoms with E-state index in [9.17, 15) is 9.50 Å². The fourth-order valence-corrected chi connectivity index (χ4v) is 1.97. The van der Waals surface area contributed by atoms with Crippen molar-refractivity contribution in [2.24, 2.45) is 5.73 Å². The molecule has 0 amide bonds. The number of halogens is 1. The molecule has 0 unspecified atom stereocenters. The first-order chi connectivity index (χ1) is 6.13. The van der Waals surface area contributed by atoms with Gasteiger partial charge in [-0.1, -0.05) is 19.1 Å². The van der Waals surface area contributed by atoms with E-state index in [1.54, 1.807) is 6.07 Å². The van der Waals surface area contributed by atoms with Gasteiger partial charge in [0.1, 0.15) is 5.82 Å². The summed E-state index contributed by atoms with van der Waals surface area (Å²) >= 11 is 0. The highest BCUT2D eigenvalue weighted by Crippen LogP contribution is 2.39. The van der Waals surface area contributed by atoms with E-state index in [4.69, 9.17) is 5.73 Å². The molecular weight excluding hydrogens is 169 g/mol. The molecule has 1 aliphatic carbocycles. The zero-order valence-electron chi connectivity index (χ0n) is 7.37. The van der Waals surface area contributed by atoms with Crippen molar-refractivity contribution in [1.82, 2.24) is 0 Å². The summed E-state index contributed by atoms with van der Waals surface area (Å²) in [5, 5.41) is 9.62. The first kappa shape index (κ1) is 8.66. The Balaban J connectivity index is 2.60. The van der Waals surface area contributed by atoms with Crippen molar-refractivity contribution in [1.29, 1.82) is 0 Å². The summed E-state index contributed by atoms with van der Waals surface area (Å²) < 4.78 is 13.3. The fourth-order valence-electron chi connectivity index (χ4n) is 1.97. The maximum atomic E-state index is 13.3. The molecule has 1 aliphatic rings. The van der Waals surface area contributed by atoms with Crippen LogP contribution in [-0.2, 0) is 0 Å². The van der Waals surface area contributed by atoms with E-state index in [0.29, 0.717) is 5.56 Å². The average molecular weight is 181 g/mol. The Morgan fingerprint density at radius 1 is 1.46 bits per heavy atom. The Kier molecular flexibility index (Phi) is 1.86. The van der Waals surface area contributed by atoms with Crippen LogP contribution in [0.1, 0.15) is 30.0 Å². The van der Waals surface area contributed by atoms with Gasteiger partial charge in [0.05, 0.1) is 12.1 Å². The lowest BCUT2D eigenvalue weighted by molar-refractivity contribution is 0.135. The topological polar surface area (TPSA) is 46.2 Å². The lowest BCUT2D eigenvalue weighted by atomic mass is 10.0. The highest BCUT2D eigenvalue weighted by molar-refractivity contribution is 5.40. The van der Waals surface area contributed by atoms with Crippen molar-refractivity contribution in [2.75, 3.05) is 0 Å². The highest BCUT2D eigenvalue weighted by atomic mass is 19.1. The van der Waals surface area contributed by atoms with Gasteiger partial charge in [0.2, 0.25) is 0 Å². The molecule has 3 heteroatoms. The van der Waals surface area contributed by atoms with E-state index in [1.165, 1.54) is 6.07 Å². The van der Waals surface area contributed by atoms with Gasteiger partial charge in [-0.15, -0.1) is 0 Å². The fraction of sp³-hybridized carbons (Fsp3) is 0.400. The van der Waals surface area contributed by atoms with Crippen molar-refractivity contribution in [3.8, 4) is 0 Å². The Morgan fingerprint density at radius 3 is 2.77 bits per heavy atom. The Labute approximate surface area is 76.2 Å². The van der Waals surface area contributed by atoms with Crippen LogP contribution in [0.4, 0.5) is 4.39 Å². The maximum absolute atomic E-state index is 13.3. The monoisotopic (exact) mass is 181 g/mol. The minimum absolute atomic E-state index is 0.0688. The number of fused-ring (bicyclic) bond motifs is 1. The standard InChI is InChI=1S/C10H12FNO/c1-5-6-3-2-4-7(11)8(6)9(12)10(5)13/h2-5,9-10,13H,12H2,1H3/t5-,9-,10+/m1/s1. The molecule has 0 bridgehead atoms. The molecular formula is C10H12FNO. The Hall–Kier alpha value is -0.930. The van der Waals surface area contributed by atoms with Gasteiger partial charge in [-0.25, -0.2) is 4.39 Å². The molecule has 1 aromatic carbocycles. The van der Waals surface area contributed by atoms with Crippen LogP contribution in [0.2, 0.25) is 0 Å². The molecule has 3 atom stereocenters. The molecule has 0 aliphatic heterocycles. The van der Waals surface area contributed by atoms with E-state index >= 15 is 0 Å². The Bertz CT molecular complexity index is 340. The number of hydrogen-bond acceptors (Lipinski definition) is 2. The molecule has 0 spiro atoms. The maximum Gasteiger partial charge on any atom is 0.128 e. The third-order valence-electron chi connectivity index (χ3n) is 2.79. The van der Waals surface area contributed by atoms with Crippen LogP contribution in [0.25, 0.3) is 0 Å². The quantitative estimate of drug-likeness (QED) is 0.633. The SMILES string of the molecule is C[C@@H]1c2cccc(F)c2[C@@H](N)[C@H]1O. The third kappa shape index (κ3) is 1.08. The zero-order chi connectivity index (χ0) is 9.59. The number of aliphatic hydroxyl groups excluding tert-OH is 1. The van der Waals surface area contributed by atoms with E-state index in [-0.39, 0.29) is 11.7 Å².